The standard InChI is InChI=1S/C13H12F6N2O2.ClH/c14-12(15,16)7-3-8(13(17,18)19)5-9(4-7)21-11(22)10-6-20-1-2-23-10;/h3-5,10,20H,1-2,6H2,(H,21,22);1H. The van der Waals surface area contributed by atoms with E-state index in [0.717, 1.165) is 0 Å². The van der Waals surface area contributed by atoms with Crippen LogP contribution >= 0.6 is 12.4 Å². The maximum atomic E-state index is 12.7. The third-order valence-corrected chi connectivity index (χ3v) is 3.08. The van der Waals surface area contributed by atoms with Crippen LogP contribution in [0.4, 0.5) is 32.0 Å². The summed E-state index contributed by atoms with van der Waals surface area (Å²) in [6, 6.07) is 0.890. The van der Waals surface area contributed by atoms with Crippen molar-refractivity contribution in [2.75, 3.05) is 25.0 Å². The summed E-state index contributed by atoms with van der Waals surface area (Å²) in [6.45, 7) is 0.844. The number of carbonyl (C=O) groups is 1. The highest BCUT2D eigenvalue weighted by molar-refractivity contribution is 5.94. The molecule has 24 heavy (non-hydrogen) atoms. The number of anilines is 1. The number of hydrogen-bond donors (Lipinski definition) is 2. The Morgan fingerprint density at radius 3 is 2.04 bits per heavy atom. The quantitative estimate of drug-likeness (QED) is 0.778. The van der Waals surface area contributed by atoms with Crippen LogP contribution in [0.15, 0.2) is 18.2 Å². The molecule has 1 aromatic rings. The Bertz CT molecular complexity index is 553. The monoisotopic (exact) mass is 378 g/mol. The molecule has 0 radical (unpaired) electrons. The van der Waals surface area contributed by atoms with E-state index < -0.39 is 41.2 Å². The normalized spacial score (nSPS) is 18.7. The first kappa shape index (κ1) is 20.5. The van der Waals surface area contributed by atoms with Crippen LogP contribution in [0.3, 0.4) is 0 Å². The zero-order valence-electron chi connectivity index (χ0n) is 11.9. The molecule has 136 valence electrons. The number of rotatable bonds is 2. The zero-order valence-corrected chi connectivity index (χ0v) is 12.7. The molecule has 2 N–H and O–H groups in total. The third kappa shape index (κ3) is 5.25. The molecule has 1 fully saturated rings. The lowest BCUT2D eigenvalue weighted by Gasteiger charge is -2.23. The Hall–Kier alpha value is -1.52. The number of nitrogens with one attached hydrogen (secondary N) is 2. The van der Waals surface area contributed by atoms with E-state index in [-0.39, 0.29) is 31.6 Å². The molecular weight excluding hydrogens is 366 g/mol. The molecule has 1 saturated heterocycles. The van der Waals surface area contributed by atoms with Crippen molar-refractivity contribution in [3.8, 4) is 0 Å². The van der Waals surface area contributed by atoms with Crippen molar-refractivity contribution in [1.82, 2.24) is 5.32 Å². The van der Waals surface area contributed by atoms with E-state index in [2.05, 4.69) is 5.32 Å². The minimum absolute atomic E-state index is 0. The fourth-order valence-electron chi connectivity index (χ4n) is 1.98. The molecule has 1 atom stereocenters. The first-order chi connectivity index (χ1) is 10.6. The summed E-state index contributed by atoms with van der Waals surface area (Å²) >= 11 is 0. The maximum Gasteiger partial charge on any atom is 0.416 e. The number of alkyl halides is 6. The van der Waals surface area contributed by atoms with Crippen molar-refractivity contribution in [3.63, 3.8) is 0 Å². The number of morpholine rings is 1. The minimum Gasteiger partial charge on any atom is -0.366 e. The average molecular weight is 379 g/mol. The SMILES string of the molecule is Cl.O=C(Nc1cc(C(F)(F)F)cc(C(F)(F)F)c1)C1CNCCO1. The molecule has 0 bridgehead atoms. The van der Waals surface area contributed by atoms with Gasteiger partial charge in [-0.15, -0.1) is 12.4 Å². The van der Waals surface area contributed by atoms with Crippen LogP contribution in [0, 0.1) is 0 Å². The van der Waals surface area contributed by atoms with Gasteiger partial charge in [0.1, 0.15) is 6.10 Å². The fourth-order valence-corrected chi connectivity index (χ4v) is 1.98. The molecule has 1 amide bonds. The van der Waals surface area contributed by atoms with E-state index in [4.69, 9.17) is 4.74 Å². The summed E-state index contributed by atoms with van der Waals surface area (Å²) in [5.74, 6) is -0.815. The number of hydrogen-bond acceptors (Lipinski definition) is 3. The molecule has 11 heteroatoms. The lowest BCUT2D eigenvalue weighted by Crippen LogP contribution is -2.45. The van der Waals surface area contributed by atoms with Gasteiger partial charge in [0.15, 0.2) is 0 Å². The molecule has 1 aromatic carbocycles. The summed E-state index contributed by atoms with van der Waals surface area (Å²) < 4.78 is 81.4. The topological polar surface area (TPSA) is 50.4 Å². The first-order valence-corrected chi connectivity index (χ1v) is 6.50. The van der Waals surface area contributed by atoms with Crippen LogP contribution in [0.5, 0.6) is 0 Å². The van der Waals surface area contributed by atoms with Crippen LogP contribution in [-0.4, -0.2) is 31.7 Å². The molecule has 0 spiro atoms. The fraction of sp³-hybridized carbons (Fsp3) is 0.462. The lowest BCUT2D eigenvalue weighted by molar-refractivity contribution is -0.143. The van der Waals surface area contributed by atoms with Gasteiger partial charge >= 0.3 is 12.4 Å². The molecule has 2 rings (SSSR count). The van der Waals surface area contributed by atoms with Gasteiger partial charge < -0.3 is 15.4 Å². The van der Waals surface area contributed by atoms with Gasteiger partial charge in [-0.05, 0) is 18.2 Å². The van der Waals surface area contributed by atoms with Gasteiger partial charge in [0.2, 0.25) is 0 Å². The summed E-state index contributed by atoms with van der Waals surface area (Å²) in [6.07, 6.45) is -10.9. The van der Waals surface area contributed by atoms with Crippen molar-refractivity contribution < 1.29 is 35.9 Å². The van der Waals surface area contributed by atoms with Gasteiger partial charge in [-0.25, -0.2) is 0 Å². The number of benzene rings is 1. The molecule has 0 aliphatic carbocycles. The molecule has 1 aliphatic rings. The van der Waals surface area contributed by atoms with E-state index in [1.807, 2.05) is 5.32 Å². The van der Waals surface area contributed by atoms with Gasteiger partial charge in [0.05, 0.1) is 17.7 Å². The van der Waals surface area contributed by atoms with E-state index in [1.54, 1.807) is 0 Å². The molecule has 4 nitrogen and oxygen atoms in total. The summed E-state index contributed by atoms with van der Waals surface area (Å²) in [5.41, 5.74) is -3.58. The Kier molecular flexibility index (Phi) is 6.48. The van der Waals surface area contributed by atoms with E-state index in [0.29, 0.717) is 18.7 Å². The maximum absolute atomic E-state index is 12.7. The van der Waals surface area contributed by atoms with Crippen LogP contribution in [0.1, 0.15) is 11.1 Å². The summed E-state index contributed by atoms with van der Waals surface area (Å²) in [7, 11) is 0. The first-order valence-electron chi connectivity index (χ1n) is 6.50. The van der Waals surface area contributed by atoms with Crippen LogP contribution in [0.25, 0.3) is 0 Å². The van der Waals surface area contributed by atoms with E-state index >= 15 is 0 Å². The largest absolute Gasteiger partial charge is 0.416 e. The lowest BCUT2D eigenvalue weighted by atomic mass is 10.1. The highest BCUT2D eigenvalue weighted by Gasteiger charge is 2.37. The molecule has 0 aromatic heterocycles. The molecule has 1 heterocycles. The second-order valence-corrected chi connectivity index (χ2v) is 4.85. The van der Waals surface area contributed by atoms with Gasteiger partial charge in [0, 0.05) is 18.8 Å². The number of halogens is 7. The highest BCUT2D eigenvalue weighted by atomic mass is 35.5. The number of amides is 1. The van der Waals surface area contributed by atoms with Crippen LogP contribution in [0.2, 0.25) is 0 Å². The van der Waals surface area contributed by atoms with Crippen molar-refractivity contribution in [2.45, 2.75) is 18.5 Å². The van der Waals surface area contributed by atoms with Crippen molar-refractivity contribution in [3.05, 3.63) is 29.3 Å². The molecule has 0 saturated carbocycles. The minimum atomic E-state index is -4.97. The Balaban J connectivity index is 0.00000288. The predicted molar refractivity (Wildman–Crippen MR) is 74.9 cm³/mol. The zero-order chi connectivity index (χ0) is 17.3. The average Bonchev–Trinajstić information content (AvgIpc) is 2.46. The second-order valence-electron chi connectivity index (χ2n) is 4.85. The predicted octanol–water partition coefficient (Wildman–Crippen LogP) is 3.07. The van der Waals surface area contributed by atoms with Gasteiger partial charge in [-0.2, -0.15) is 26.3 Å². The smallest absolute Gasteiger partial charge is 0.366 e. The van der Waals surface area contributed by atoms with Gasteiger partial charge in [-0.3, -0.25) is 4.79 Å². The molecular formula is C13H13ClF6N2O2. The number of carbonyl (C=O) groups excluding carboxylic acids is 1. The van der Waals surface area contributed by atoms with Gasteiger partial charge in [-0.1, -0.05) is 0 Å². The number of ether oxygens (including phenoxy) is 1. The van der Waals surface area contributed by atoms with Crippen LogP contribution < -0.4 is 10.6 Å². The van der Waals surface area contributed by atoms with E-state index in [1.165, 1.54) is 0 Å². The van der Waals surface area contributed by atoms with Crippen molar-refractivity contribution in [2.24, 2.45) is 0 Å². The Morgan fingerprint density at radius 2 is 1.62 bits per heavy atom. The van der Waals surface area contributed by atoms with Crippen molar-refractivity contribution in [1.29, 1.82) is 0 Å². The second kappa shape index (κ2) is 7.58. The molecule has 1 unspecified atom stereocenters. The van der Waals surface area contributed by atoms with Crippen molar-refractivity contribution >= 4 is 24.0 Å². The Morgan fingerprint density at radius 1 is 1.08 bits per heavy atom. The van der Waals surface area contributed by atoms with Crippen LogP contribution in [-0.2, 0) is 21.9 Å². The summed E-state index contributed by atoms with van der Waals surface area (Å²) in [5, 5.41) is 4.86. The van der Waals surface area contributed by atoms with Gasteiger partial charge in [0.25, 0.3) is 5.91 Å². The summed E-state index contributed by atoms with van der Waals surface area (Å²) in [4.78, 5) is 11.9. The molecule has 1 aliphatic heterocycles. The third-order valence-electron chi connectivity index (χ3n) is 3.08. The van der Waals surface area contributed by atoms with E-state index in [9.17, 15) is 31.1 Å². The Labute approximate surface area is 139 Å². The highest BCUT2D eigenvalue weighted by Crippen LogP contribution is 2.37.